The van der Waals surface area contributed by atoms with E-state index in [0.717, 1.165) is 6.54 Å². The van der Waals surface area contributed by atoms with Crippen LogP contribution in [0.3, 0.4) is 0 Å². The maximum absolute atomic E-state index is 4.55. The maximum Gasteiger partial charge on any atom is 0.0659 e. The van der Waals surface area contributed by atoms with Crippen molar-refractivity contribution in [1.29, 1.82) is 0 Å². The average molecular weight is 179 g/mol. The molecule has 1 aliphatic carbocycles. The molecule has 0 radical (unpaired) electrons. The van der Waals surface area contributed by atoms with Crippen LogP contribution in [0.4, 0.5) is 0 Å². The van der Waals surface area contributed by atoms with Crippen molar-refractivity contribution >= 4 is 0 Å². The second-order valence-electron chi connectivity index (χ2n) is 3.73. The average Bonchev–Trinajstić information content (AvgIpc) is 2.44. The number of rotatable bonds is 2. The number of nitrogens with zero attached hydrogens (tertiary/aromatic N) is 2. The zero-order valence-corrected chi connectivity index (χ0v) is 8.43. The quantitative estimate of drug-likeness (QED) is 0.734. The highest BCUT2D eigenvalue weighted by molar-refractivity contribution is 5.28. The molecular weight excluding hydrogens is 162 g/mol. The molecule has 1 aliphatic rings. The van der Waals surface area contributed by atoms with Gasteiger partial charge in [-0.15, -0.1) is 0 Å². The zero-order chi connectivity index (χ0) is 9.26. The lowest BCUT2D eigenvalue weighted by Crippen LogP contribution is -2.12. The Bertz CT molecular complexity index is 301. The summed E-state index contributed by atoms with van der Waals surface area (Å²) >= 11 is 0. The van der Waals surface area contributed by atoms with Gasteiger partial charge in [0.05, 0.1) is 11.4 Å². The lowest BCUT2D eigenvalue weighted by atomic mass is 9.96. The van der Waals surface area contributed by atoms with Crippen molar-refractivity contribution in [3.05, 3.63) is 17.0 Å². The summed E-state index contributed by atoms with van der Waals surface area (Å²) in [6, 6.07) is 0. The molecule has 1 heterocycles. The first-order valence-electron chi connectivity index (χ1n) is 5.01. The highest BCUT2D eigenvalue weighted by Crippen LogP contribution is 2.23. The molecule has 0 saturated heterocycles. The summed E-state index contributed by atoms with van der Waals surface area (Å²) in [5.41, 5.74) is 4.21. The van der Waals surface area contributed by atoms with Crippen molar-refractivity contribution in [2.24, 2.45) is 7.05 Å². The molecule has 0 spiro atoms. The van der Waals surface area contributed by atoms with E-state index >= 15 is 0 Å². The molecular formula is C10H17N3. The van der Waals surface area contributed by atoms with Gasteiger partial charge in [0, 0.05) is 13.6 Å². The van der Waals surface area contributed by atoms with Crippen molar-refractivity contribution in [2.75, 3.05) is 7.05 Å². The fourth-order valence-corrected chi connectivity index (χ4v) is 2.14. The summed E-state index contributed by atoms with van der Waals surface area (Å²) in [6.07, 6.45) is 5.03. The third-order valence-corrected chi connectivity index (χ3v) is 2.79. The molecule has 0 bridgehead atoms. The normalized spacial score (nSPS) is 15.8. The van der Waals surface area contributed by atoms with Crippen molar-refractivity contribution < 1.29 is 0 Å². The molecule has 72 valence electrons. The number of hydrogen-bond donors (Lipinski definition) is 1. The van der Waals surface area contributed by atoms with Gasteiger partial charge in [-0.2, -0.15) is 5.10 Å². The Morgan fingerprint density at radius 1 is 1.38 bits per heavy atom. The smallest absolute Gasteiger partial charge is 0.0659 e. The van der Waals surface area contributed by atoms with E-state index in [1.807, 2.05) is 18.8 Å². The minimum Gasteiger partial charge on any atom is -0.314 e. The maximum atomic E-state index is 4.55. The van der Waals surface area contributed by atoms with Crippen LogP contribution in [0.1, 0.15) is 29.8 Å². The Morgan fingerprint density at radius 2 is 2.15 bits per heavy atom. The van der Waals surface area contributed by atoms with Gasteiger partial charge in [-0.1, -0.05) is 0 Å². The fraction of sp³-hybridized carbons (Fsp3) is 0.700. The van der Waals surface area contributed by atoms with Crippen LogP contribution in [0, 0.1) is 0 Å². The van der Waals surface area contributed by atoms with Crippen LogP contribution in [-0.2, 0) is 26.4 Å². The fourth-order valence-electron chi connectivity index (χ4n) is 2.14. The first-order valence-corrected chi connectivity index (χ1v) is 5.01. The monoisotopic (exact) mass is 179 g/mol. The van der Waals surface area contributed by atoms with Crippen LogP contribution in [0.15, 0.2) is 0 Å². The van der Waals surface area contributed by atoms with Crippen LogP contribution in [0.2, 0.25) is 0 Å². The van der Waals surface area contributed by atoms with Crippen LogP contribution >= 0.6 is 0 Å². The van der Waals surface area contributed by atoms with E-state index in [-0.39, 0.29) is 0 Å². The molecule has 1 aromatic heterocycles. The Morgan fingerprint density at radius 3 is 2.92 bits per heavy atom. The highest BCUT2D eigenvalue weighted by Gasteiger charge is 2.17. The van der Waals surface area contributed by atoms with E-state index in [9.17, 15) is 0 Å². The van der Waals surface area contributed by atoms with Gasteiger partial charge in [0.15, 0.2) is 0 Å². The van der Waals surface area contributed by atoms with Gasteiger partial charge in [-0.05, 0) is 38.3 Å². The molecule has 1 aromatic rings. The Hall–Kier alpha value is -0.830. The lowest BCUT2D eigenvalue weighted by Gasteiger charge is -2.10. The van der Waals surface area contributed by atoms with Crippen LogP contribution < -0.4 is 5.32 Å². The molecule has 0 saturated carbocycles. The third-order valence-electron chi connectivity index (χ3n) is 2.79. The second kappa shape index (κ2) is 3.50. The van der Waals surface area contributed by atoms with Crippen molar-refractivity contribution in [1.82, 2.24) is 15.1 Å². The molecule has 3 nitrogen and oxygen atoms in total. The topological polar surface area (TPSA) is 29.9 Å². The molecule has 3 heteroatoms. The van der Waals surface area contributed by atoms with E-state index in [1.54, 1.807) is 0 Å². The van der Waals surface area contributed by atoms with E-state index in [1.165, 1.54) is 42.6 Å². The first-order chi connectivity index (χ1) is 6.33. The lowest BCUT2D eigenvalue weighted by molar-refractivity contribution is 0.660. The van der Waals surface area contributed by atoms with Crippen molar-refractivity contribution in [3.8, 4) is 0 Å². The summed E-state index contributed by atoms with van der Waals surface area (Å²) in [7, 11) is 4.03. The van der Waals surface area contributed by atoms with Gasteiger partial charge >= 0.3 is 0 Å². The SMILES string of the molecule is CNCc1c2c(nn1C)CCCC2. The molecule has 0 amide bonds. The molecule has 0 atom stereocenters. The van der Waals surface area contributed by atoms with Crippen molar-refractivity contribution in [3.63, 3.8) is 0 Å². The van der Waals surface area contributed by atoms with Gasteiger partial charge in [-0.25, -0.2) is 0 Å². The minimum atomic E-state index is 0.943. The molecule has 1 N–H and O–H groups in total. The molecule has 0 unspecified atom stereocenters. The summed E-state index contributed by atoms with van der Waals surface area (Å²) in [5.74, 6) is 0. The molecule has 13 heavy (non-hydrogen) atoms. The number of aryl methyl sites for hydroxylation is 2. The first kappa shape index (κ1) is 8.75. The van der Waals surface area contributed by atoms with Crippen LogP contribution in [-0.4, -0.2) is 16.8 Å². The van der Waals surface area contributed by atoms with E-state index in [4.69, 9.17) is 0 Å². The van der Waals surface area contributed by atoms with Gasteiger partial charge in [0.2, 0.25) is 0 Å². The molecule has 0 fully saturated rings. The minimum absolute atomic E-state index is 0.943. The summed E-state index contributed by atoms with van der Waals surface area (Å²) in [4.78, 5) is 0. The van der Waals surface area contributed by atoms with Crippen LogP contribution in [0.25, 0.3) is 0 Å². The Balaban J connectivity index is 2.36. The predicted octanol–water partition coefficient (Wildman–Crippen LogP) is 1.02. The number of nitrogens with one attached hydrogen (secondary N) is 1. The largest absolute Gasteiger partial charge is 0.314 e. The zero-order valence-electron chi connectivity index (χ0n) is 8.43. The number of aromatic nitrogens is 2. The van der Waals surface area contributed by atoms with Crippen LogP contribution in [0.5, 0.6) is 0 Å². The molecule has 0 aliphatic heterocycles. The van der Waals surface area contributed by atoms with Crippen molar-refractivity contribution in [2.45, 2.75) is 32.2 Å². The Kier molecular flexibility index (Phi) is 2.36. The third kappa shape index (κ3) is 1.48. The highest BCUT2D eigenvalue weighted by atomic mass is 15.3. The predicted molar refractivity (Wildman–Crippen MR) is 52.6 cm³/mol. The van der Waals surface area contributed by atoms with Gasteiger partial charge < -0.3 is 5.32 Å². The Labute approximate surface area is 79.1 Å². The van der Waals surface area contributed by atoms with E-state index < -0.39 is 0 Å². The standard InChI is InChI=1S/C10H17N3/c1-11-7-10-8-5-3-4-6-9(8)12-13(10)2/h11H,3-7H2,1-2H3. The van der Waals surface area contributed by atoms with Gasteiger partial charge in [0.1, 0.15) is 0 Å². The van der Waals surface area contributed by atoms with E-state index in [0.29, 0.717) is 0 Å². The molecule has 0 aromatic carbocycles. The number of fused-ring (bicyclic) bond motifs is 1. The summed E-state index contributed by atoms with van der Waals surface area (Å²) < 4.78 is 2.03. The van der Waals surface area contributed by atoms with E-state index in [2.05, 4.69) is 10.4 Å². The second-order valence-corrected chi connectivity index (χ2v) is 3.73. The summed E-state index contributed by atoms with van der Waals surface area (Å²) in [6.45, 7) is 0.943. The molecule has 2 rings (SSSR count). The van der Waals surface area contributed by atoms with Gasteiger partial charge in [0.25, 0.3) is 0 Å². The summed E-state index contributed by atoms with van der Waals surface area (Å²) in [5, 5.41) is 7.75. The number of hydrogen-bond acceptors (Lipinski definition) is 2. The van der Waals surface area contributed by atoms with Gasteiger partial charge in [-0.3, -0.25) is 4.68 Å².